The van der Waals surface area contributed by atoms with Crippen LogP contribution in [0.2, 0.25) is 5.02 Å². The normalized spacial score (nSPS) is 23.6. The second kappa shape index (κ2) is 5.89. The van der Waals surface area contributed by atoms with E-state index < -0.39 is 0 Å². The summed E-state index contributed by atoms with van der Waals surface area (Å²) in [7, 11) is 0. The molecule has 1 fully saturated rings. The topological polar surface area (TPSA) is 54.1 Å². The Balaban J connectivity index is 1.51. The number of hydrogen-bond acceptors (Lipinski definition) is 5. The minimum atomic E-state index is 0.113. The van der Waals surface area contributed by atoms with Crippen molar-refractivity contribution < 1.29 is 4.74 Å². The zero-order chi connectivity index (χ0) is 13.9. The molecule has 0 spiro atoms. The lowest BCUT2D eigenvalue weighted by Gasteiger charge is -2.37. The number of anilines is 1. The monoisotopic (exact) mass is 294 g/mol. The highest BCUT2D eigenvalue weighted by atomic mass is 35.5. The highest BCUT2D eigenvalue weighted by molar-refractivity contribution is 6.33. The second-order valence-electron chi connectivity index (χ2n) is 5.16. The highest BCUT2D eigenvalue weighted by Crippen LogP contribution is 2.26. The molecule has 3 rings (SSSR count). The summed E-state index contributed by atoms with van der Waals surface area (Å²) in [5.41, 5.74) is 6.65. The second-order valence-corrected chi connectivity index (χ2v) is 5.57. The van der Waals surface area contributed by atoms with Crippen LogP contribution in [0.4, 0.5) is 5.69 Å². The van der Waals surface area contributed by atoms with Gasteiger partial charge in [0.2, 0.25) is 0 Å². The fraction of sp³-hybridized carbons (Fsp3) is 0.500. The third kappa shape index (κ3) is 2.99. The molecule has 1 atom stereocenters. The van der Waals surface area contributed by atoms with E-state index in [1.807, 2.05) is 18.2 Å². The van der Waals surface area contributed by atoms with E-state index in [0.717, 1.165) is 43.4 Å². The van der Waals surface area contributed by atoms with Gasteiger partial charge in [0.1, 0.15) is 6.10 Å². The Morgan fingerprint density at radius 1 is 1.25 bits per heavy atom. The molecule has 108 valence electrons. The maximum atomic E-state index is 6.24. The van der Waals surface area contributed by atoms with Crippen LogP contribution in [0, 0.1) is 0 Å². The molecule has 2 aliphatic rings. The molecule has 1 aromatic carbocycles. The number of amidine groups is 1. The maximum absolute atomic E-state index is 6.24. The lowest BCUT2D eigenvalue weighted by molar-refractivity contribution is 0.139. The van der Waals surface area contributed by atoms with Crippen LogP contribution < -0.4 is 10.6 Å². The van der Waals surface area contributed by atoms with Gasteiger partial charge in [-0.2, -0.15) is 0 Å². The largest absolute Gasteiger partial charge is 0.459 e. The highest BCUT2D eigenvalue weighted by Gasteiger charge is 2.24. The molecule has 2 aliphatic heterocycles. The fourth-order valence-electron chi connectivity index (χ4n) is 2.70. The molecule has 0 aliphatic carbocycles. The number of rotatable bonds is 3. The van der Waals surface area contributed by atoms with Crippen molar-refractivity contribution >= 4 is 23.3 Å². The van der Waals surface area contributed by atoms with Crippen molar-refractivity contribution in [2.24, 2.45) is 10.7 Å². The number of hydrogen-bond donors (Lipinski definition) is 1. The van der Waals surface area contributed by atoms with Crippen LogP contribution in [0.15, 0.2) is 29.3 Å². The molecule has 0 saturated carbocycles. The van der Waals surface area contributed by atoms with Crippen molar-refractivity contribution in [3.8, 4) is 0 Å². The van der Waals surface area contributed by atoms with Crippen LogP contribution in [-0.4, -0.2) is 56.3 Å². The summed E-state index contributed by atoms with van der Waals surface area (Å²) < 4.78 is 5.45. The molecule has 2 N–H and O–H groups in total. The fourth-order valence-corrected chi connectivity index (χ4v) is 2.95. The first kappa shape index (κ1) is 13.5. The quantitative estimate of drug-likeness (QED) is 0.909. The molecular weight excluding hydrogens is 276 g/mol. The van der Waals surface area contributed by atoms with Crippen molar-refractivity contribution in [2.45, 2.75) is 6.10 Å². The first-order chi connectivity index (χ1) is 9.72. The summed E-state index contributed by atoms with van der Waals surface area (Å²) in [5.74, 6) is 0. The van der Waals surface area contributed by atoms with Crippen LogP contribution in [0.25, 0.3) is 0 Å². The van der Waals surface area contributed by atoms with E-state index >= 15 is 0 Å². The van der Waals surface area contributed by atoms with Gasteiger partial charge >= 0.3 is 0 Å². The third-order valence-electron chi connectivity index (χ3n) is 3.77. The zero-order valence-electron chi connectivity index (χ0n) is 11.3. The Morgan fingerprint density at radius 2 is 2.00 bits per heavy atom. The molecule has 0 bridgehead atoms. The summed E-state index contributed by atoms with van der Waals surface area (Å²) >= 11 is 6.24. The van der Waals surface area contributed by atoms with E-state index in [1.54, 1.807) is 0 Å². The molecule has 1 unspecified atom stereocenters. The SMILES string of the molecule is NC1=NCC(CN2CCN(c3ccccc3Cl)CC2)O1. The standard InChI is InChI=1S/C14H19ClN4O/c15-12-3-1-2-4-13(12)19-7-5-18(6-8-19)10-11-9-17-14(16)20-11/h1-4,11H,5-10H2,(H2,16,17). The van der Waals surface area contributed by atoms with Crippen molar-refractivity contribution in [3.63, 3.8) is 0 Å². The molecule has 20 heavy (non-hydrogen) atoms. The van der Waals surface area contributed by atoms with Crippen LogP contribution in [0.5, 0.6) is 0 Å². The minimum absolute atomic E-state index is 0.113. The van der Waals surface area contributed by atoms with E-state index in [0.29, 0.717) is 12.6 Å². The summed E-state index contributed by atoms with van der Waals surface area (Å²) in [6.07, 6.45) is 0.113. The molecule has 2 heterocycles. The predicted octanol–water partition coefficient (Wildman–Crippen LogP) is 1.18. The number of piperazine rings is 1. The number of aliphatic imine (C=N–C) groups is 1. The molecule has 1 aromatic rings. The van der Waals surface area contributed by atoms with Crippen molar-refractivity contribution in [1.82, 2.24) is 4.90 Å². The van der Waals surface area contributed by atoms with Crippen LogP contribution in [0.1, 0.15) is 0 Å². The minimum Gasteiger partial charge on any atom is -0.459 e. The smallest absolute Gasteiger partial charge is 0.282 e. The Hall–Kier alpha value is -1.46. The van der Waals surface area contributed by atoms with Crippen LogP contribution in [-0.2, 0) is 4.74 Å². The number of ether oxygens (including phenoxy) is 1. The van der Waals surface area contributed by atoms with Gasteiger partial charge in [-0.25, -0.2) is 4.99 Å². The van der Waals surface area contributed by atoms with Gasteiger partial charge in [0.05, 0.1) is 17.3 Å². The predicted molar refractivity (Wildman–Crippen MR) is 81.5 cm³/mol. The average Bonchev–Trinajstić information content (AvgIpc) is 2.86. The summed E-state index contributed by atoms with van der Waals surface area (Å²) in [5, 5.41) is 0.821. The lowest BCUT2D eigenvalue weighted by Crippen LogP contribution is -2.49. The van der Waals surface area contributed by atoms with E-state index in [1.165, 1.54) is 0 Å². The summed E-state index contributed by atoms with van der Waals surface area (Å²) in [6.45, 7) is 5.53. The van der Waals surface area contributed by atoms with Gasteiger partial charge in [-0.15, -0.1) is 0 Å². The van der Waals surface area contributed by atoms with Crippen molar-refractivity contribution in [2.75, 3.05) is 44.2 Å². The van der Waals surface area contributed by atoms with E-state index in [4.69, 9.17) is 22.1 Å². The molecule has 0 aromatic heterocycles. The first-order valence-electron chi connectivity index (χ1n) is 6.91. The van der Waals surface area contributed by atoms with Gasteiger partial charge < -0.3 is 15.4 Å². The zero-order valence-corrected chi connectivity index (χ0v) is 12.1. The number of para-hydroxylation sites is 1. The van der Waals surface area contributed by atoms with Gasteiger partial charge in [0.15, 0.2) is 0 Å². The molecule has 1 saturated heterocycles. The molecular formula is C14H19ClN4O. The first-order valence-corrected chi connectivity index (χ1v) is 7.28. The number of benzene rings is 1. The van der Waals surface area contributed by atoms with Crippen LogP contribution >= 0.6 is 11.6 Å². The molecule has 0 amide bonds. The Labute approximate surface area is 124 Å². The Morgan fingerprint density at radius 3 is 2.65 bits per heavy atom. The molecule has 0 radical (unpaired) electrons. The van der Waals surface area contributed by atoms with Crippen LogP contribution in [0.3, 0.4) is 0 Å². The van der Waals surface area contributed by atoms with Gasteiger partial charge in [-0.1, -0.05) is 23.7 Å². The number of nitrogens with two attached hydrogens (primary N) is 1. The molecule has 6 heteroatoms. The van der Waals surface area contributed by atoms with Gasteiger partial charge in [0.25, 0.3) is 6.02 Å². The lowest BCUT2D eigenvalue weighted by atomic mass is 10.2. The average molecular weight is 295 g/mol. The van der Waals surface area contributed by atoms with Gasteiger partial charge in [-0.05, 0) is 12.1 Å². The maximum Gasteiger partial charge on any atom is 0.282 e. The number of halogens is 1. The van der Waals surface area contributed by atoms with Gasteiger partial charge in [-0.3, -0.25) is 4.90 Å². The molecule has 5 nitrogen and oxygen atoms in total. The Kier molecular flexibility index (Phi) is 3.98. The summed E-state index contributed by atoms with van der Waals surface area (Å²) in [4.78, 5) is 8.80. The summed E-state index contributed by atoms with van der Waals surface area (Å²) in [6, 6.07) is 8.33. The Bertz CT molecular complexity index is 500. The number of nitrogens with zero attached hydrogens (tertiary/aromatic N) is 3. The van der Waals surface area contributed by atoms with Gasteiger partial charge in [0, 0.05) is 32.7 Å². The van der Waals surface area contributed by atoms with E-state index in [2.05, 4.69) is 20.9 Å². The van der Waals surface area contributed by atoms with E-state index in [-0.39, 0.29) is 6.10 Å². The van der Waals surface area contributed by atoms with Crippen molar-refractivity contribution in [3.05, 3.63) is 29.3 Å². The third-order valence-corrected chi connectivity index (χ3v) is 4.09. The van der Waals surface area contributed by atoms with E-state index in [9.17, 15) is 0 Å². The van der Waals surface area contributed by atoms with Crippen molar-refractivity contribution in [1.29, 1.82) is 0 Å².